The second-order valence-corrected chi connectivity index (χ2v) is 4.52. The van der Waals surface area contributed by atoms with Gasteiger partial charge in [0, 0.05) is 17.2 Å². The lowest BCUT2D eigenvalue weighted by Gasteiger charge is -2.22. The fraction of sp³-hybridized carbons (Fsp3) is 0.500. The van der Waals surface area contributed by atoms with Crippen LogP contribution in [0.25, 0.3) is 0 Å². The van der Waals surface area contributed by atoms with Gasteiger partial charge in [0.05, 0.1) is 0 Å². The molecule has 17 heavy (non-hydrogen) atoms. The van der Waals surface area contributed by atoms with Crippen molar-refractivity contribution in [3.05, 3.63) is 25.3 Å². The van der Waals surface area contributed by atoms with E-state index in [1.807, 2.05) is 0 Å². The molecule has 0 radical (unpaired) electrons. The highest BCUT2D eigenvalue weighted by molar-refractivity contribution is 7.99. The first kappa shape index (κ1) is 18.6. The van der Waals surface area contributed by atoms with E-state index >= 15 is 0 Å². The summed E-state index contributed by atoms with van der Waals surface area (Å²) < 4.78 is 14.3. The summed E-state index contributed by atoms with van der Waals surface area (Å²) in [7, 11) is 0. The molecule has 5 nitrogen and oxygen atoms in total. The van der Waals surface area contributed by atoms with Crippen LogP contribution in [0.15, 0.2) is 25.3 Å². The Balaban J connectivity index is 0. The van der Waals surface area contributed by atoms with Crippen molar-refractivity contribution >= 4 is 29.2 Å². The van der Waals surface area contributed by atoms with Crippen LogP contribution < -0.4 is 5.73 Å². The quantitative estimate of drug-likeness (QED) is 0.456. The molecule has 0 aliphatic heterocycles. The summed E-state index contributed by atoms with van der Waals surface area (Å²) >= 11 is 0.711. The van der Waals surface area contributed by atoms with E-state index in [1.165, 1.54) is 0 Å². The van der Waals surface area contributed by atoms with Gasteiger partial charge in [-0.3, -0.25) is 13.8 Å². The Labute approximate surface area is 109 Å². The van der Waals surface area contributed by atoms with Gasteiger partial charge in [-0.05, 0) is 18.6 Å². The first-order valence-electron chi connectivity index (χ1n) is 4.84. The number of aliphatic carboxylic acids is 1. The van der Waals surface area contributed by atoms with Crippen LogP contribution in [0.3, 0.4) is 0 Å². The molecule has 7 heteroatoms. The highest BCUT2D eigenvalue weighted by Gasteiger charge is 2.31. The van der Waals surface area contributed by atoms with Crippen molar-refractivity contribution in [3.63, 3.8) is 0 Å². The second kappa shape index (κ2) is 11.7. The van der Waals surface area contributed by atoms with Gasteiger partial charge < -0.3 is 10.8 Å². The number of nitrogens with two attached hydrogens (primary N) is 1. The maximum atomic E-state index is 10.9. The van der Waals surface area contributed by atoms with Crippen LogP contribution in [0.5, 0.6) is 0 Å². The van der Waals surface area contributed by atoms with Crippen molar-refractivity contribution in [2.24, 2.45) is 5.73 Å². The average Bonchev–Trinajstić information content (AvgIpc) is 2.26. The van der Waals surface area contributed by atoms with Crippen LogP contribution in [-0.2, 0) is 16.3 Å². The zero-order valence-corrected chi connectivity index (χ0v) is 11.5. The lowest BCUT2D eigenvalue weighted by atomic mass is 9.94. The predicted octanol–water partition coefficient (Wildman–Crippen LogP) is 1.08. The largest absolute Gasteiger partial charge is 0.480 e. The molecule has 0 amide bonds. The topological polar surface area (TPSA) is 104 Å². The van der Waals surface area contributed by atoms with Gasteiger partial charge in [0.1, 0.15) is 5.54 Å². The molecular formula is C10H20N2O3S2. The molecular weight excluding hydrogens is 260 g/mol. The smallest absolute Gasteiger partial charge is 0.324 e. The molecule has 0 aromatic carbocycles. The molecule has 1 atom stereocenters. The fourth-order valence-corrected chi connectivity index (χ4v) is 1.82. The van der Waals surface area contributed by atoms with E-state index < -0.39 is 23.0 Å². The van der Waals surface area contributed by atoms with Crippen LogP contribution >= 0.6 is 11.8 Å². The minimum absolute atomic E-state index is 0.303. The molecule has 0 aliphatic carbocycles. The molecule has 0 saturated carbocycles. The van der Waals surface area contributed by atoms with E-state index in [9.17, 15) is 4.79 Å². The van der Waals surface area contributed by atoms with E-state index in [1.54, 1.807) is 23.9 Å². The molecule has 0 heterocycles. The Bertz CT molecular complexity index is 291. The van der Waals surface area contributed by atoms with Crippen LogP contribution in [0.4, 0.5) is 0 Å². The fourth-order valence-electron chi connectivity index (χ4n) is 0.975. The number of hydrogen-bond donors (Lipinski definition) is 3. The van der Waals surface area contributed by atoms with Gasteiger partial charge in [-0.2, -0.15) is 11.8 Å². The summed E-state index contributed by atoms with van der Waals surface area (Å²) in [4.78, 5) is 10.9. The first-order chi connectivity index (χ1) is 7.98. The molecule has 0 saturated heterocycles. The van der Waals surface area contributed by atoms with Gasteiger partial charge in [0.2, 0.25) is 0 Å². The summed E-state index contributed by atoms with van der Waals surface area (Å²) in [5.41, 5.74) is 4.57. The van der Waals surface area contributed by atoms with Gasteiger partial charge in [0.15, 0.2) is 0 Å². The van der Waals surface area contributed by atoms with Crippen LogP contribution in [0, 0.1) is 4.78 Å². The van der Waals surface area contributed by atoms with Gasteiger partial charge in [-0.1, -0.05) is 12.2 Å². The van der Waals surface area contributed by atoms with Crippen molar-refractivity contribution in [3.8, 4) is 0 Å². The molecule has 0 aliphatic rings. The van der Waals surface area contributed by atoms with E-state index in [0.717, 1.165) is 11.5 Å². The lowest BCUT2D eigenvalue weighted by Crippen LogP contribution is -2.48. The number of rotatable bonds is 8. The molecule has 0 rings (SSSR count). The van der Waals surface area contributed by atoms with Gasteiger partial charge in [-0.25, -0.2) is 0 Å². The van der Waals surface area contributed by atoms with Crippen molar-refractivity contribution in [2.45, 2.75) is 18.4 Å². The Morgan fingerprint density at radius 1 is 1.53 bits per heavy atom. The monoisotopic (exact) mass is 280 g/mol. The summed E-state index contributed by atoms with van der Waals surface area (Å²) in [5, 5.41) is 8.92. The number of hydrogen-bond acceptors (Lipinski definition) is 5. The van der Waals surface area contributed by atoms with Crippen molar-refractivity contribution in [2.75, 3.05) is 11.5 Å². The summed E-state index contributed by atoms with van der Waals surface area (Å²) in [5.74, 6) is 0.587. The molecule has 0 bridgehead atoms. The van der Waals surface area contributed by atoms with Gasteiger partial charge in [-0.15, -0.1) is 13.2 Å². The third kappa shape index (κ3) is 10.1. The first-order valence-corrected chi connectivity index (χ1v) is 6.90. The van der Waals surface area contributed by atoms with E-state index in [-0.39, 0.29) is 0 Å². The van der Waals surface area contributed by atoms with E-state index in [4.69, 9.17) is 19.8 Å². The Morgan fingerprint density at radius 2 is 2.06 bits per heavy atom. The van der Waals surface area contributed by atoms with Crippen LogP contribution in [0.2, 0.25) is 0 Å². The van der Waals surface area contributed by atoms with Gasteiger partial charge in [0.25, 0.3) is 0 Å². The van der Waals surface area contributed by atoms with Crippen molar-refractivity contribution < 1.29 is 14.1 Å². The molecule has 0 spiro atoms. The number of carbonyl (C=O) groups is 1. The SMILES string of the molecule is C=CCSCC[C@@](N)(CC=C)C(=O)O.N=[SH2]=O. The number of carboxylic acid groups (broad SMARTS) is 1. The molecule has 4 N–H and O–H groups in total. The standard InChI is InChI=1S/C10H17NO2S.H3NOS/c1-3-5-10(11,9(12)13)6-8-14-7-4-2;1-3-2/h3-4H,1-2,5-8,11H2,(H,12,13);1H,3H2/t10-;/m0./s1. The predicted molar refractivity (Wildman–Crippen MR) is 75.2 cm³/mol. The second-order valence-electron chi connectivity index (χ2n) is 3.17. The number of carboxylic acids is 1. The Morgan fingerprint density at radius 3 is 2.41 bits per heavy atom. The van der Waals surface area contributed by atoms with Crippen molar-refractivity contribution in [1.82, 2.24) is 0 Å². The minimum Gasteiger partial charge on any atom is -0.480 e. The average molecular weight is 280 g/mol. The van der Waals surface area contributed by atoms with Crippen LogP contribution in [0.1, 0.15) is 12.8 Å². The zero-order chi connectivity index (χ0) is 13.7. The summed E-state index contributed by atoms with van der Waals surface area (Å²) in [6.07, 6.45) is 4.09. The maximum Gasteiger partial charge on any atom is 0.324 e. The van der Waals surface area contributed by atoms with E-state index in [2.05, 4.69) is 13.2 Å². The molecule has 100 valence electrons. The number of thioether (sulfide) groups is 1. The summed E-state index contributed by atoms with van der Waals surface area (Å²) in [6.45, 7) is 7.09. The van der Waals surface area contributed by atoms with E-state index in [0.29, 0.717) is 12.8 Å². The lowest BCUT2D eigenvalue weighted by molar-refractivity contribution is -0.143. The molecule has 0 fully saturated rings. The third-order valence-electron chi connectivity index (χ3n) is 1.86. The summed E-state index contributed by atoms with van der Waals surface area (Å²) in [6, 6.07) is 0. The normalized spacial score (nSPS) is 13.5. The highest BCUT2D eigenvalue weighted by Crippen LogP contribution is 2.16. The molecule has 0 unspecified atom stereocenters. The molecule has 0 aromatic rings. The molecule has 0 aromatic heterocycles. The minimum atomic E-state index is -1.16. The third-order valence-corrected chi connectivity index (χ3v) is 2.83. The highest BCUT2D eigenvalue weighted by atomic mass is 32.2. The zero-order valence-electron chi connectivity index (χ0n) is 9.65. The number of nitrogens with one attached hydrogen (secondary N) is 1. The Hall–Kier alpha value is -0.790. The van der Waals surface area contributed by atoms with Gasteiger partial charge >= 0.3 is 5.97 Å². The van der Waals surface area contributed by atoms with Crippen LogP contribution in [-0.4, -0.2) is 32.3 Å². The Kier molecular flexibility index (Phi) is 12.8. The maximum absolute atomic E-state index is 10.9. The van der Waals surface area contributed by atoms with Crippen molar-refractivity contribution in [1.29, 1.82) is 4.78 Å².